The van der Waals surface area contributed by atoms with E-state index in [-0.39, 0.29) is 11.8 Å². The fourth-order valence-electron chi connectivity index (χ4n) is 3.30. The van der Waals surface area contributed by atoms with Crippen LogP contribution in [-0.2, 0) is 14.5 Å². The Hall–Kier alpha value is -2.02. The highest BCUT2D eigenvalue weighted by Gasteiger charge is 2.43. The summed E-state index contributed by atoms with van der Waals surface area (Å²) in [6, 6.07) is 7.76. The molecule has 1 N–H and O–H groups in total. The van der Waals surface area contributed by atoms with Crippen LogP contribution in [0.2, 0.25) is 0 Å². The molecule has 1 aliphatic rings. The summed E-state index contributed by atoms with van der Waals surface area (Å²) in [7, 11) is 0. The molecule has 1 heterocycles. The van der Waals surface area contributed by atoms with E-state index in [1.54, 1.807) is 0 Å². The second kappa shape index (κ2) is 11.2. The zero-order valence-electron chi connectivity index (χ0n) is 18.0. The number of thioether (sulfide) groups is 1. The Morgan fingerprint density at radius 2 is 1.69 bits per heavy atom. The Kier molecular flexibility index (Phi) is 9.01. The highest BCUT2D eigenvalue weighted by Crippen LogP contribution is 2.45. The molecule has 0 radical (unpaired) electrons. The molecule has 0 saturated carbocycles. The second-order valence-corrected chi connectivity index (χ2v) is 8.88. The van der Waals surface area contributed by atoms with Gasteiger partial charge in [-0.1, -0.05) is 69.3 Å². The van der Waals surface area contributed by atoms with Crippen molar-refractivity contribution in [1.82, 2.24) is 10.3 Å². The monoisotopic (exact) mass is 419 g/mol. The Morgan fingerprint density at radius 1 is 1.07 bits per heavy atom. The van der Waals surface area contributed by atoms with E-state index in [4.69, 9.17) is 4.74 Å². The number of ether oxygens (including phenoxy) is 1. The van der Waals surface area contributed by atoms with Crippen molar-refractivity contribution < 1.29 is 14.3 Å². The van der Waals surface area contributed by atoms with Gasteiger partial charge in [0.2, 0.25) is 11.8 Å². The van der Waals surface area contributed by atoms with Gasteiger partial charge in [0.15, 0.2) is 5.17 Å². The van der Waals surface area contributed by atoms with Crippen LogP contribution in [0, 0.1) is 0 Å². The first kappa shape index (κ1) is 23.3. The van der Waals surface area contributed by atoms with Gasteiger partial charge in [0.25, 0.3) is 0 Å². The van der Waals surface area contributed by atoms with E-state index in [1.165, 1.54) is 69.1 Å². The normalized spacial score (nSPS) is 18.5. The number of hydrogen-bond donors (Lipinski definition) is 1. The maximum atomic E-state index is 12.1. The lowest BCUT2D eigenvalue weighted by molar-refractivity contribution is -0.131. The number of benzene rings is 1. The van der Waals surface area contributed by atoms with Gasteiger partial charge in [0.05, 0.1) is 6.61 Å². The molecule has 0 unspecified atom stereocenters. The van der Waals surface area contributed by atoms with Crippen LogP contribution < -0.4 is 10.1 Å². The maximum absolute atomic E-state index is 12.1. The molecule has 1 aromatic carbocycles. The average molecular weight is 420 g/mol. The lowest BCUT2D eigenvalue weighted by Crippen LogP contribution is -2.37. The van der Waals surface area contributed by atoms with Crippen molar-refractivity contribution >= 4 is 28.7 Å². The summed E-state index contributed by atoms with van der Waals surface area (Å²) < 4.78 is 5.86. The third kappa shape index (κ3) is 6.77. The Labute approximate surface area is 178 Å². The molecule has 0 aliphatic carbocycles. The van der Waals surface area contributed by atoms with Gasteiger partial charge in [-0.15, -0.1) is 5.10 Å². The molecule has 160 valence electrons. The van der Waals surface area contributed by atoms with Crippen LogP contribution >= 0.6 is 11.8 Å². The van der Waals surface area contributed by atoms with Crippen LogP contribution in [0.1, 0.15) is 78.2 Å². The highest BCUT2D eigenvalue weighted by atomic mass is 32.2. The number of carbonyl (C=O) groups excluding carboxylic acids is 2. The Morgan fingerprint density at radius 3 is 2.28 bits per heavy atom. The van der Waals surface area contributed by atoms with Gasteiger partial charge in [-0.05, 0) is 31.0 Å². The molecule has 1 aliphatic heterocycles. The molecular formula is C22H33N3O3S. The quantitative estimate of drug-likeness (QED) is 0.542. The third-order valence-corrected chi connectivity index (χ3v) is 6.06. The Balaban J connectivity index is 1.88. The first-order valence-electron chi connectivity index (χ1n) is 10.5. The van der Waals surface area contributed by atoms with Crippen molar-refractivity contribution in [3.63, 3.8) is 0 Å². The molecule has 7 heteroatoms. The summed E-state index contributed by atoms with van der Waals surface area (Å²) in [5.41, 5.74) is 0.921. The number of amidine groups is 1. The smallest absolute Gasteiger partial charge is 0.241 e. The summed E-state index contributed by atoms with van der Waals surface area (Å²) in [5, 5.41) is 8.79. The molecule has 0 fully saturated rings. The molecule has 6 nitrogen and oxygen atoms in total. The van der Waals surface area contributed by atoms with Crippen LogP contribution in [0.15, 0.2) is 29.4 Å². The lowest BCUT2D eigenvalue weighted by atomic mass is 10.1. The molecule has 0 saturated heterocycles. The maximum Gasteiger partial charge on any atom is 0.241 e. The van der Waals surface area contributed by atoms with Gasteiger partial charge < -0.3 is 10.1 Å². The van der Waals surface area contributed by atoms with E-state index < -0.39 is 4.87 Å². The number of hydrazone groups is 1. The zero-order valence-corrected chi connectivity index (χ0v) is 18.8. The predicted molar refractivity (Wildman–Crippen MR) is 119 cm³/mol. The number of unbranched alkanes of at least 4 members (excludes halogenated alkanes) is 6. The van der Waals surface area contributed by atoms with Crippen molar-refractivity contribution in [3.05, 3.63) is 29.8 Å². The first-order valence-corrected chi connectivity index (χ1v) is 11.3. The molecule has 0 aromatic heterocycles. The van der Waals surface area contributed by atoms with E-state index in [1.807, 2.05) is 31.2 Å². The van der Waals surface area contributed by atoms with Crippen LogP contribution in [0.25, 0.3) is 0 Å². The standard InChI is InChI=1S/C22H33N3O3S/c1-5-6-7-8-9-10-11-16-28-20-14-12-19(13-15-20)22(4)25(18(3)27)24-21(29-22)23-17(2)26/h12-15H,5-11,16H2,1-4H3,(H,23,24,26)/t22-/m0/s1. The fourth-order valence-corrected chi connectivity index (χ4v) is 4.50. The minimum absolute atomic E-state index is 0.181. The second-order valence-electron chi connectivity index (χ2n) is 7.50. The SMILES string of the molecule is CCCCCCCCCOc1ccc([C@]2(C)SC(NC(C)=O)=NN2C(C)=O)cc1. The van der Waals surface area contributed by atoms with Crippen molar-refractivity contribution in [3.8, 4) is 5.75 Å². The number of amides is 2. The van der Waals surface area contributed by atoms with Crippen LogP contribution in [0.4, 0.5) is 0 Å². The van der Waals surface area contributed by atoms with E-state index in [2.05, 4.69) is 17.3 Å². The molecular weight excluding hydrogens is 386 g/mol. The van der Waals surface area contributed by atoms with E-state index in [9.17, 15) is 9.59 Å². The van der Waals surface area contributed by atoms with Crippen molar-refractivity contribution in [2.75, 3.05) is 6.61 Å². The average Bonchev–Trinajstić information content (AvgIpc) is 3.01. The van der Waals surface area contributed by atoms with Crippen LogP contribution in [-0.4, -0.2) is 28.6 Å². The number of nitrogens with zero attached hydrogens (tertiary/aromatic N) is 2. The lowest BCUT2D eigenvalue weighted by Gasteiger charge is -2.31. The van der Waals surface area contributed by atoms with Gasteiger partial charge in [0, 0.05) is 13.8 Å². The minimum Gasteiger partial charge on any atom is -0.494 e. The van der Waals surface area contributed by atoms with Gasteiger partial charge in [-0.2, -0.15) is 0 Å². The topological polar surface area (TPSA) is 71.0 Å². The van der Waals surface area contributed by atoms with Gasteiger partial charge in [-0.25, -0.2) is 5.01 Å². The van der Waals surface area contributed by atoms with Gasteiger partial charge in [-0.3, -0.25) is 9.59 Å². The number of nitrogens with one attached hydrogen (secondary N) is 1. The predicted octanol–water partition coefficient (Wildman–Crippen LogP) is 4.99. The van der Waals surface area contributed by atoms with Crippen molar-refractivity contribution in [2.45, 2.75) is 77.5 Å². The van der Waals surface area contributed by atoms with E-state index in [0.717, 1.165) is 17.7 Å². The van der Waals surface area contributed by atoms with Gasteiger partial charge >= 0.3 is 0 Å². The fraction of sp³-hybridized carbons (Fsp3) is 0.591. The molecule has 0 spiro atoms. The van der Waals surface area contributed by atoms with E-state index >= 15 is 0 Å². The summed E-state index contributed by atoms with van der Waals surface area (Å²) >= 11 is 1.35. The molecule has 2 amide bonds. The first-order chi connectivity index (χ1) is 13.9. The van der Waals surface area contributed by atoms with Crippen molar-refractivity contribution in [2.24, 2.45) is 5.10 Å². The minimum atomic E-state index is -0.708. The number of rotatable bonds is 10. The van der Waals surface area contributed by atoms with Crippen molar-refractivity contribution in [1.29, 1.82) is 0 Å². The largest absolute Gasteiger partial charge is 0.494 e. The number of hydrogen-bond acceptors (Lipinski definition) is 5. The molecule has 2 rings (SSSR count). The summed E-state index contributed by atoms with van der Waals surface area (Å²) in [6.45, 7) is 7.77. The summed E-state index contributed by atoms with van der Waals surface area (Å²) in [6.07, 6.45) is 8.80. The number of carbonyl (C=O) groups is 2. The van der Waals surface area contributed by atoms with E-state index in [0.29, 0.717) is 11.8 Å². The zero-order chi connectivity index (χ0) is 21.3. The molecule has 1 aromatic rings. The molecule has 0 bridgehead atoms. The Bertz CT molecular complexity index is 721. The third-order valence-electron chi connectivity index (χ3n) is 4.88. The summed E-state index contributed by atoms with van der Waals surface area (Å²) in [4.78, 5) is 22.7. The highest BCUT2D eigenvalue weighted by molar-refractivity contribution is 8.14. The summed E-state index contributed by atoms with van der Waals surface area (Å²) in [5.74, 6) is 0.432. The molecule has 1 atom stereocenters. The van der Waals surface area contributed by atoms with Crippen LogP contribution in [0.5, 0.6) is 5.75 Å². The van der Waals surface area contributed by atoms with Crippen LogP contribution in [0.3, 0.4) is 0 Å². The van der Waals surface area contributed by atoms with Gasteiger partial charge in [0.1, 0.15) is 10.6 Å². The molecule has 29 heavy (non-hydrogen) atoms.